The Balaban J connectivity index is 1.09. The maximum Gasteiger partial charge on any atom is 0.280 e. The molecule has 3 heterocycles. The Bertz CT molecular complexity index is 2220. The number of benzene rings is 4. The molecular formula is C36H34N10O2. The van der Waals surface area contributed by atoms with Crippen LogP contribution in [0.1, 0.15) is 27.8 Å². The van der Waals surface area contributed by atoms with Gasteiger partial charge in [-0.2, -0.15) is 5.10 Å². The van der Waals surface area contributed by atoms with Gasteiger partial charge in [-0.1, -0.05) is 30.3 Å². The van der Waals surface area contributed by atoms with Crippen molar-refractivity contribution in [2.24, 2.45) is 7.05 Å². The summed E-state index contributed by atoms with van der Waals surface area (Å²) in [6, 6.07) is 26.4. The van der Waals surface area contributed by atoms with Gasteiger partial charge in [0.25, 0.3) is 5.69 Å². The predicted molar refractivity (Wildman–Crippen MR) is 183 cm³/mol. The van der Waals surface area contributed by atoms with Crippen molar-refractivity contribution < 1.29 is 4.92 Å². The molecule has 0 aliphatic heterocycles. The largest absolute Gasteiger partial charge is 0.306 e. The van der Waals surface area contributed by atoms with Gasteiger partial charge in [0.15, 0.2) is 0 Å². The first-order valence-electron chi connectivity index (χ1n) is 15.7. The van der Waals surface area contributed by atoms with E-state index < -0.39 is 4.92 Å². The molecule has 0 unspecified atom stereocenters. The lowest BCUT2D eigenvalue weighted by Crippen LogP contribution is -2.25. The fraction of sp³-hybridized carbons (Fsp3) is 0.194. The van der Waals surface area contributed by atoms with E-state index in [-0.39, 0.29) is 11.5 Å². The van der Waals surface area contributed by atoms with Crippen LogP contribution in [-0.4, -0.2) is 55.9 Å². The number of hydrogen-bond donors (Lipinski definition) is 0. The van der Waals surface area contributed by atoms with Gasteiger partial charge >= 0.3 is 0 Å². The molecule has 0 saturated carbocycles. The van der Waals surface area contributed by atoms with Crippen LogP contribution in [-0.2, 0) is 26.6 Å². The molecule has 0 radical (unpaired) electrons. The summed E-state index contributed by atoms with van der Waals surface area (Å²) in [5, 5.41) is 30.1. The van der Waals surface area contributed by atoms with Gasteiger partial charge in [-0.25, -0.2) is 4.98 Å². The lowest BCUT2D eigenvalue weighted by Gasteiger charge is -2.23. The maximum atomic E-state index is 11.7. The van der Waals surface area contributed by atoms with Gasteiger partial charge < -0.3 is 4.57 Å². The zero-order chi connectivity index (χ0) is 33.2. The van der Waals surface area contributed by atoms with Crippen LogP contribution in [0.25, 0.3) is 33.7 Å². The summed E-state index contributed by atoms with van der Waals surface area (Å²) < 4.78 is 3.91. The van der Waals surface area contributed by atoms with Crippen molar-refractivity contribution in [1.82, 2.24) is 44.4 Å². The van der Waals surface area contributed by atoms with Crippen molar-refractivity contribution in [3.8, 4) is 22.8 Å². The SMILES string of the molecule is Cc1cc(-c2nnn(-c3ccc(CCN(Cc4cccc(-n5ccnc5)c4)Cc4ccc5c(cnn5C)c4)cc3)n2)c([N+](=O)[O-])cc1C. The van der Waals surface area contributed by atoms with Crippen LogP contribution in [0, 0.1) is 24.0 Å². The average molecular weight is 639 g/mol. The van der Waals surface area contributed by atoms with E-state index in [1.54, 1.807) is 18.3 Å². The number of hydrogen-bond acceptors (Lipinski definition) is 8. The van der Waals surface area contributed by atoms with Gasteiger partial charge in [0.1, 0.15) is 5.56 Å². The number of rotatable bonds is 11. The average Bonchev–Trinajstić information content (AvgIpc) is 3.88. The minimum Gasteiger partial charge on any atom is -0.306 e. The number of imidazole rings is 1. The Hall–Kier alpha value is -6.01. The first-order valence-corrected chi connectivity index (χ1v) is 15.7. The Kier molecular flexibility index (Phi) is 8.30. The third kappa shape index (κ3) is 6.46. The number of tetrazole rings is 1. The molecule has 48 heavy (non-hydrogen) atoms. The zero-order valence-corrected chi connectivity index (χ0v) is 26.9. The first-order chi connectivity index (χ1) is 23.3. The summed E-state index contributed by atoms with van der Waals surface area (Å²) in [5.41, 5.74) is 8.61. The van der Waals surface area contributed by atoms with Crippen molar-refractivity contribution in [2.75, 3.05) is 6.54 Å². The highest BCUT2D eigenvalue weighted by molar-refractivity contribution is 5.79. The highest BCUT2D eigenvalue weighted by Crippen LogP contribution is 2.30. The van der Waals surface area contributed by atoms with E-state index in [1.165, 1.54) is 21.5 Å². The molecule has 0 spiro atoms. The summed E-state index contributed by atoms with van der Waals surface area (Å²) >= 11 is 0. The van der Waals surface area contributed by atoms with E-state index >= 15 is 0 Å². The monoisotopic (exact) mass is 638 g/mol. The Morgan fingerprint density at radius 3 is 2.42 bits per heavy atom. The van der Waals surface area contributed by atoms with E-state index in [2.05, 4.69) is 85.0 Å². The second-order valence-corrected chi connectivity index (χ2v) is 12.0. The van der Waals surface area contributed by atoms with Crippen LogP contribution >= 0.6 is 0 Å². The molecule has 12 heteroatoms. The summed E-state index contributed by atoms with van der Waals surface area (Å²) in [4.78, 5) is 19.4. The molecular weight excluding hydrogens is 604 g/mol. The van der Waals surface area contributed by atoms with Crippen LogP contribution in [0.4, 0.5) is 5.69 Å². The summed E-state index contributed by atoms with van der Waals surface area (Å²) in [7, 11) is 1.96. The van der Waals surface area contributed by atoms with Crippen molar-refractivity contribution in [3.63, 3.8) is 0 Å². The van der Waals surface area contributed by atoms with Crippen molar-refractivity contribution in [1.29, 1.82) is 0 Å². The van der Waals surface area contributed by atoms with E-state index in [0.717, 1.165) is 59.5 Å². The minimum atomic E-state index is -0.409. The number of fused-ring (bicyclic) bond motifs is 1. The zero-order valence-electron chi connectivity index (χ0n) is 26.9. The van der Waals surface area contributed by atoms with Gasteiger partial charge in [-0.3, -0.25) is 19.7 Å². The molecule has 4 aromatic carbocycles. The van der Waals surface area contributed by atoms with Crippen LogP contribution < -0.4 is 0 Å². The van der Waals surface area contributed by atoms with Gasteiger partial charge in [-0.05, 0) is 95.8 Å². The van der Waals surface area contributed by atoms with Gasteiger partial charge in [0, 0.05) is 56.2 Å². The normalized spacial score (nSPS) is 11.5. The van der Waals surface area contributed by atoms with Crippen molar-refractivity contribution >= 4 is 16.6 Å². The fourth-order valence-corrected chi connectivity index (χ4v) is 5.91. The van der Waals surface area contributed by atoms with E-state index in [9.17, 15) is 10.1 Å². The number of nitro benzene ring substituents is 1. The van der Waals surface area contributed by atoms with Crippen LogP contribution in [0.5, 0.6) is 0 Å². The van der Waals surface area contributed by atoms with Crippen LogP contribution in [0.15, 0.2) is 104 Å². The predicted octanol–water partition coefficient (Wildman–Crippen LogP) is 6.17. The quantitative estimate of drug-likeness (QED) is 0.122. The smallest absolute Gasteiger partial charge is 0.280 e. The first kappa shape index (κ1) is 30.6. The minimum absolute atomic E-state index is 0.0358. The molecule has 3 aromatic heterocycles. The van der Waals surface area contributed by atoms with Crippen LogP contribution in [0.2, 0.25) is 0 Å². The maximum absolute atomic E-state index is 11.7. The van der Waals surface area contributed by atoms with E-state index in [1.807, 2.05) is 61.0 Å². The molecule has 12 nitrogen and oxygen atoms in total. The molecule has 0 N–H and O–H groups in total. The van der Waals surface area contributed by atoms with E-state index in [4.69, 9.17) is 0 Å². The lowest BCUT2D eigenvalue weighted by molar-refractivity contribution is -0.384. The molecule has 0 fully saturated rings. The number of aryl methyl sites for hydroxylation is 3. The number of nitrogens with zero attached hydrogens (tertiary/aromatic N) is 10. The van der Waals surface area contributed by atoms with Crippen molar-refractivity contribution in [2.45, 2.75) is 33.4 Å². The van der Waals surface area contributed by atoms with E-state index in [0.29, 0.717) is 5.56 Å². The second kappa shape index (κ2) is 13.0. The Morgan fingerprint density at radius 2 is 1.65 bits per heavy atom. The molecule has 0 atom stereocenters. The second-order valence-electron chi connectivity index (χ2n) is 12.0. The molecule has 0 amide bonds. The molecule has 0 aliphatic carbocycles. The summed E-state index contributed by atoms with van der Waals surface area (Å²) in [6.45, 7) is 6.15. The topological polar surface area (TPSA) is 126 Å². The molecule has 7 aromatic rings. The fourth-order valence-electron chi connectivity index (χ4n) is 5.91. The molecule has 0 aliphatic rings. The van der Waals surface area contributed by atoms with Gasteiger partial charge in [-0.15, -0.1) is 15.0 Å². The Labute approximate surface area is 277 Å². The standard InChI is InChI=1S/C36H34N10O2/c1-25-17-33(35(46(47)48)18-26(25)2)36-39-41-45(40-36)31-10-7-27(8-11-31)13-15-43(23-29-9-12-34-30(19-29)21-38-42(34)3)22-28-5-4-6-32(20-28)44-16-14-37-24-44/h4-12,14,16-21,24H,13,15,22-23H2,1-3H3. The highest BCUT2D eigenvalue weighted by Gasteiger charge is 2.21. The van der Waals surface area contributed by atoms with Crippen molar-refractivity contribution in [3.05, 3.63) is 142 Å². The number of nitro groups is 1. The highest BCUT2D eigenvalue weighted by atomic mass is 16.6. The third-order valence-corrected chi connectivity index (χ3v) is 8.68. The van der Waals surface area contributed by atoms with Gasteiger partial charge in [0.2, 0.25) is 5.82 Å². The summed E-state index contributed by atoms with van der Waals surface area (Å²) in [5.74, 6) is 0.214. The lowest BCUT2D eigenvalue weighted by atomic mass is 10.0. The van der Waals surface area contributed by atoms with Gasteiger partial charge in [0.05, 0.1) is 28.7 Å². The molecule has 240 valence electrons. The molecule has 0 bridgehead atoms. The Morgan fingerprint density at radius 1 is 0.875 bits per heavy atom. The summed E-state index contributed by atoms with van der Waals surface area (Å²) in [6.07, 6.45) is 8.30. The molecule has 0 saturated heterocycles. The van der Waals surface area contributed by atoms with Crippen LogP contribution in [0.3, 0.4) is 0 Å². The number of aromatic nitrogens is 8. The third-order valence-electron chi connectivity index (χ3n) is 8.68. The molecule has 7 rings (SSSR count).